The third-order valence-electron chi connectivity index (χ3n) is 5.54. The van der Waals surface area contributed by atoms with Crippen LogP contribution in [0.15, 0.2) is 60.7 Å². The SMILES string of the molecule is COc1cc2c(cc1OC)C(c1ccccc1F)=[N+](c1ccccc1F)C(C)(C)C2. The first-order valence-electron chi connectivity index (χ1n) is 9.79. The third-order valence-corrected chi connectivity index (χ3v) is 5.54. The Morgan fingerprint density at radius 3 is 2.03 bits per heavy atom. The monoisotopic (exact) mass is 408 g/mol. The number of fused-ring (bicyclic) bond motifs is 1. The van der Waals surface area contributed by atoms with Crippen LogP contribution in [0, 0.1) is 11.6 Å². The zero-order chi connectivity index (χ0) is 21.5. The Balaban J connectivity index is 2.16. The summed E-state index contributed by atoms with van der Waals surface area (Å²) in [5.41, 5.74) is 2.67. The van der Waals surface area contributed by atoms with Crippen LogP contribution in [0.2, 0.25) is 0 Å². The largest absolute Gasteiger partial charge is 0.493 e. The van der Waals surface area contributed by atoms with E-state index in [0.29, 0.717) is 34.9 Å². The molecule has 0 N–H and O–H groups in total. The molecule has 0 fully saturated rings. The number of para-hydroxylation sites is 1. The summed E-state index contributed by atoms with van der Waals surface area (Å²) < 4.78 is 42.9. The summed E-state index contributed by atoms with van der Waals surface area (Å²) in [6, 6.07) is 16.9. The number of methoxy groups -OCH3 is 2. The number of ether oxygens (including phenoxy) is 2. The molecule has 1 aliphatic heterocycles. The molecule has 0 radical (unpaired) electrons. The molecular formula is C25H24F2NO2+. The molecule has 0 amide bonds. The van der Waals surface area contributed by atoms with Crippen molar-refractivity contribution in [3.05, 3.63) is 89.0 Å². The average Bonchev–Trinajstić information content (AvgIpc) is 2.72. The minimum absolute atomic E-state index is 0.358. The van der Waals surface area contributed by atoms with Gasteiger partial charge >= 0.3 is 0 Å². The van der Waals surface area contributed by atoms with Crippen LogP contribution in [-0.2, 0) is 6.42 Å². The van der Waals surface area contributed by atoms with Gasteiger partial charge in [0.05, 0.1) is 25.3 Å². The minimum Gasteiger partial charge on any atom is -0.493 e. The lowest BCUT2D eigenvalue weighted by Crippen LogP contribution is -2.44. The van der Waals surface area contributed by atoms with Crippen LogP contribution in [0.5, 0.6) is 11.5 Å². The molecule has 30 heavy (non-hydrogen) atoms. The van der Waals surface area contributed by atoms with E-state index in [9.17, 15) is 4.39 Å². The van der Waals surface area contributed by atoms with E-state index in [1.165, 1.54) is 12.1 Å². The van der Waals surface area contributed by atoms with Crippen molar-refractivity contribution >= 4 is 11.4 Å². The van der Waals surface area contributed by atoms with Gasteiger partial charge in [-0.3, -0.25) is 0 Å². The molecule has 0 aliphatic carbocycles. The summed E-state index contributed by atoms with van der Waals surface area (Å²) in [6.07, 6.45) is 0.620. The van der Waals surface area contributed by atoms with Crippen molar-refractivity contribution in [1.29, 1.82) is 0 Å². The van der Waals surface area contributed by atoms with Gasteiger partial charge in [-0.05, 0) is 35.9 Å². The van der Waals surface area contributed by atoms with Crippen LogP contribution in [-0.4, -0.2) is 30.0 Å². The van der Waals surface area contributed by atoms with Crippen molar-refractivity contribution < 1.29 is 22.8 Å². The van der Waals surface area contributed by atoms with Gasteiger partial charge in [0, 0.05) is 26.3 Å². The van der Waals surface area contributed by atoms with Crippen LogP contribution in [0.3, 0.4) is 0 Å². The van der Waals surface area contributed by atoms with E-state index >= 15 is 4.39 Å². The van der Waals surface area contributed by atoms with Crippen molar-refractivity contribution in [2.24, 2.45) is 0 Å². The molecule has 1 aliphatic rings. The number of nitrogens with zero attached hydrogens (tertiary/aromatic N) is 1. The quantitative estimate of drug-likeness (QED) is 0.532. The van der Waals surface area contributed by atoms with Crippen molar-refractivity contribution in [2.45, 2.75) is 25.8 Å². The predicted octanol–water partition coefficient (Wildman–Crippen LogP) is 5.50. The van der Waals surface area contributed by atoms with Crippen molar-refractivity contribution in [1.82, 2.24) is 0 Å². The van der Waals surface area contributed by atoms with Gasteiger partial charge in [-0.2, -0.15) is 8.97 Å². The fraction of sp³-hybridized carbons (Fsp3) is 0.240. The molecule has 154 valence electrons. The van der Waals surface area contributed by atoms with Gasteiger partial charge in [-0.25, -0.2) is 4.39 Å². The lowest BCUT2D eigenvalue weighted by Gasteiger charge is -2.31. The fourth-order valence-electron chi connectivity index (χ4n) is 4.25. The Morgan fingerprint density at radius 2 is 1.40 bits per heavy atom. The highest BCUT2D eigenvalue weighted by atomic mass is 19.1. The molecule has 0 unspecified atom stereocenters. The maximum Gasteiger partial charge on any atom is 0.242 e. The van der Waals surface area contributed by atoms with Crippen molar-refractivity contribution in [2.75, 3.05) is 14.2 Å². The topological polar surface area (TPSA) is 21.5 Å². The standard InChI is InChI=1S/C25H24F2NO2/c1-25(2)15-16-13-22(29-3)23(30-4)14-18(16)24(17-9-5-6-10-19(17)26)28(25)21-12-8-7-11-20(21)27/h5-14H,15H2,1-4H3/q+1. The van der Waals surface area contributed by atoms with Gasteiger partial charge < -0.3 is 9.47 Å². The molecule has 5 heteroatoms. The van der Waals surface area contributed by atoms with E-state index in [-0.39, 0.29) is 11.6 Å². The first kappa shape index (κ1) is 20.1. The summed E-state index contributed by atoms with van der Waals surface area (Å²) in [5, 5.41) is 0. The van der Waals surface area contributed by atoms with Crippen LogP contribution >= 0.6 is 0 Å². The van der Waals surface area contributed by atoms with E-state index in [1.54, 1.807) is 50.6 Å². The normalized spacial score (nSPS) is 15.0. The zero-order valence-electron chi connectivity index (χ0n) is 17.5. The minimum atomic E-state index is -0.521. The first-order chi connectivity index (χ1) is 14.4. The Hall–Kier alpha value is -3.21. The predicted molar refractivity (Wildman–Crippen MR) is 113 cm³/mol. The van der Waals surface area contributed by atoms with Gasteiger partial charge in [0.25, 0.3) is 0 Å². The molecule has 0 bridgehead atoms. The first-order valence-corrected chi connectivity index (χ1v) is 9.79. The summed E-state index contributed by atoms with van der Waals surface area (Å²) >= 11 is 0. The highest BCUT2D eigenvalue weighted by molar-refractivity contribution is 6.12. The van der Waals surface area contributed by atoms with Crippen LogP contribution in [0.25, 0.3) is 0 Å². The third kappa shape index (κ3) is 3.24. The molecule has 0 spiro atoms. The van der Waals surface area contributed by atoms with Crippen molar-refractivity contribution in [3.63, 3.8) is 0 Å². The van der Waals surface area contributed by atoms with Crippen LogP contribution in [0.1, 0.15) is 30.5 Å². The molecule has 1 heterocycles. The van der Waals surface area contributed by atoms with Gasteiger partial charge in [0.1, 0.15) is 5.82 Å². The van der Waals surface area contributed by atoms with Crippen LogP contribution < -0.4 is 9.47 Å². The number of hydrogen-bond acceptors (Lipinski definition) is 2. The van der Waals surface area contributed by atoms with Gasteiger partial charge in [0.15, 0.2) is 22.9 Å². The molecule has 3 aromatic rings. The Kier molecular flexibility index (Phi) is 5.06. The molecule has 0 saturated heterocycles. The summed E-state index contributed by atoms with van der Waals surface area (Å²) in [6.45, 7) is 4.06. The maximum absolute atomic E-state index is 15.0. The lowest BCUT2D eigenvalue weighted by atomic mass is 9.82. The van der Waals surface area contributed by atoms with Gasteiger partial charge in [-0.1, -0.05) is 24.3 Å². The molecule has 3 aromatic carbocycles. The maximum atomic E-state index is 15.0. The Bertz CT molecular complexity index is 1150. The number of benzene rings is 3. The molecule has 0 atom stereocenters. The molecule has 3 nitrogen and oxygen atoms in total. The van der Waals surface area contributed by atoms with E-state index in [1.807, 2.05) is 30.6 Å². The molecule has 0 saturated carbocycles. The average molecular weight is 408 g/mol. The second kappa shape index (κ2) is 7.56. The second-order valence-corrected chi connectivity index (χ2v) is 7.97. The number of halogens is 2. The molecule has 4 rings (SSSR count). The highest BCUT2D eigenvalue weighted by Crippen LogP contribution is 2.40. The second-order valence-electron chi connectivity index (χ2n) is 7.97. The zero-order valence-corrected chi connectivity index (χ0v) is 17.5. The smallest absolute Gasteiger partial charge is 0.242 e. The van der Waals surface area contributed by atoms with E-state index < -0.39 is 5.54 Å². The van der Waals surface area contributed by atoms with Gasteiger partial charge in [-0.15, -0.1) is 0 Å². The summed E-state index contributed by atoms with van der Waals surface area (Å²) in [5.74, 6) is 0.424. The molecule has 0 aromatic heterocycles. The van der Waals surface area contributed by atoms with E-state index in [4.69, 9.17) is 9.47 Å². The summed E-state index contributed by atoms with van der Waals surface area (Å²) in [4.78, 5) is 0. The van der Waals surface area contributed by atoms with Crippen molar-refractivity contribution in [3.8, 4) is 11.5 Å². The Labute approximate surface area is 175 Å². The van der Waals surface area contributed by atoms with E-state index in [2.05, 4.69) is 0 Å². The van der Waals surface area contributed by atoms with Crippen LogP contribution in [0.4, 0.5) is 14.5 Å². The fourth-order valence-corrected chi connectivity index (χ4v) is 4.25. The summed E-state index contributed by atoms with van der Waals surface area (Å²) in [7, 11) is 3.15. The van der Waals surface area contributed by atoms with E-state index in [0.717, 1.165) is 11.1 Å². The number of hydrogen-bond donors (Lipinski definition) is 0. The lowest BCUT2D eigenvalue weighted by molar-refractivity contribution is -0.527. The molecular weight excluding hydrogens is 384 g/mol. The highest BCUT2D eigenvalue weighted by Gasteiger charge is 2.44. The number of rotatable bonds is 4. The van der Waals surface area contributed by atoms with Gasteiger partial charge in [0.2, 0.25) is 11.4 Å². The Morgan fingerprint density at radius 1 is 0.800 bits per heavy atom.